The Balaban J connectivity index is 2.76. The van der Waals surface area contributed by atoms with Crippen LogP contribution in [0.2, 0.25) is 0 Å². The standard InChI is InChI=1S/C13H19NO7S2/c1-10(15)14-9-13(16)20-11-5-7-12(8-6-11)22(3,4)21-23(17,18)19-2/h5-8H,9H2,1-4H3,(H,14,15). The van der Waals surface area contributed by atoms with Crippen molar-refractivity contribution >= 4 is 32.6 Å². The number of hydrogen-bond acceptors (Lipinski definition) is 7. The molecule has 0 bridgehead atoms. The average Bonchev–Trinajstić information content (AvgIpc) is 2.44. The molecule has 0 spiro atoms. The topological polar surface area (TPSA) is 108 Å². The zero-order chi connectivity index (χ0) is 17.7. The third-order valence-electron chi connectivity index (χ3n) is 2.56. The van der Waals surface area contributed by atoms with Crippen LogP contribution in [-0.4, -0.2) is 46.5 Å². The third kappa shape index (κ3) is 6.57. The van der Waals surface area contributed by atoms with Gasteiger partial charge >= 0.3 is 16.4 Å². The number of hydrogen-bond donors (Lipinski definition) is 1. The van der Waals surface area contributed by atoms with E-state index in [-0.39, 0.29) is 18.2 Å². The minimum absolute atomic E-state index is 0.233. The maximum atomic E-state index is 11.5. The molecule has 0 fully saturated rings. The molecule has 0 aromatic heterocycles. The Kier molecular flexibility index (Phi) is 6.57. The van der Waals surface area contributed by atoms with Crippen LogP contribution in [-0.2, 0) is 27.8 Å². The minimum atomic E-state index is -4.06. The van der Waals surface area contributed by atoms with Crippen molar-refractivity contribution in [1.29, 1.82) is 0 Å². The van der Waals surface area contributed by atoms with Crippen LogP contribution in [0.15, 0.2) is 29.2 Å². The summed E-state index contributed by atoms with van der Waals surface area (Å²) < 4.78 is 37.1. The highest BCUT2D eigenvalue weighted by molar-refractivity contribution is 8.31. The first-order valence-corrected chi connectivity index (χ1v) is 10.1. The normalized spacial score (nSPS) is 12.5. The molecule has 0 aliphatic heterocycles. The van der Waals surface area contributed by atoms with Gasteiger partial charge in [0.25, 0.3) is 0 Å². The SMILES string of the molecule is COS(=O)(=O)OS(C)(C)c1ccc(OC(=O)CNC(C)=O)cc1. The highest BCUT2D eigenvalue weighted by Gasteiger charge is 2.24. The molecule has 1 aromatic carbocycles. The molecule has 1 rings (SSSR count). The average molecular weight is 365 g/mol. The van der Waals surface area contributed by atoms with E-state index in [2.05, 4.69) is 9.50 Å². The van der Waals surface area contributed by atoms with Gasteiger partial charge in [-0.05, 0) is 36.8 Å². The fraction of sp³-hybridized carbons (Fsp3) is 0.385. The zero-order valence-corrected chi connectivity index (χ0v) is 14.8. The predicted molar refractivity (Wildman–Crippen MR) is 85.5 cm³/mol. The van der Waals surface area contributed by atoms with Crippen molar-refractivity contribution in [3.8, 4) is 5.75 Å². The summed E-state index contributed by atoms with van der Waals surface area (Å²) in [4.78, 5) is 22.8. The van der Waals surface area contributed by atoms with Crippen molar-refractivity contribution in [3.05, 3.63) is 24.3 Å². The molecular formula is C13H19NO7S2. The molecule has 0 atom stereocenters. The summed E-state index contributed by atoms with van der Waals surface area (Å²) in [6, 6.07) is 6.22. The van der Waals surface area contributed by atoms with Crippen LogP contribution in [0.4, 0.5) is 0 Å². The Bertz CT molecular complexity index is 668. The maximum Gasteiger partial charge on any atom is 0.409 e. The van der Waals surface area contributed by atoms with Gasteiger partial charge in [-0.3, -0.25) is 8.98 Å². The van der Waals surface area contributed by atoms with Crippen molar-refractivity contribution < 1.29 is 30.6 Å². The summed E-state index contributed by atoms with van der Waals surface area (Å²) in [5.41, 5.74) is 0. The van der Waals surface area contributed by atoms with Crippen molar-refractivity contribution in [3.63, 3.8) is 0 Å². The van der Waals surface area contributed by atoms with Gasteiger partial charge < -0.3 is 10.1 Å². The van der Waals surface area contributed by atoms with Gasteiger partial charge in [-0.1, -0.05) is 10.3 Å². The molecule has 10 heteroatoms. The van der Waals surface area contributed by atoms with Crippen molar-refractivity contribution in [2.24, 2.45) is 0 Å². The van der Waals surface area contributed by atoms with Crippen LogP contribution in [0.25, 0.3) is 0 Å². The summed E-state index contributed by atoms with van der Waals surface area (Å²) in [5, 5.41) is 2.32. The second-order valence-corrected chi connectivity index (χ2v) is 9.36. The molecule has 8 nitrogen and oxygen atoms in total. The fourth-order valence-corrected chi connectivity index (χ4v) is 4.47. The van der Waals surface area contributed by atoms with E-state index in [9.17, 15) is 18.0 Å². The molecule has 1 aromatic rings. The second-order valence-electron chi connectivity index (χ2n) is 4.73. The molecule has 0 aliphatic carbocycles. The second kappa shape index (κ2) is 7.77. The van der Waals surface area contributed by atoms with Gasteiger partial charge in [0.2, 0.25) is 5.91 Å². The monoisotopic (exact) mass is 365 g/mol. The molecular weight excluding hydrogens is 346 g/mol. The van der Waals surface area contributed by atoms with E-state index in [1.54, 1.807) is 24.6 Å². The van der Waals surface area contributed by atoms with Gasteiger partial charge in [-0.2, -0.15) is 12.0 Å². The Morgan fingerprint density at radius 2 is 1.70 bits per heavy atom. The molecule has 130 valence electrons. The van der Waals surface area contributed by atoms with Crippen LogP contribution < -0.4 is 10.1 Å². The van der Waals surface area contributed by atoms with E-state index in [4.69, 9.17) is 8.37 Å². The van der Waals surface area contributed by atoms with Gasteiger partial charge in [0.1, 0.15) is 12.3 Å². The van der Waals surface area contributed by atoms with Gasteiger partial charge in [-0.25, -0.2) is 4.79 Å². The number of esters is 1. The zero-order valence-electron chi connectivity index (χ0n) is 13.2. The molecule has 0 radical (unpaired) electrons. The highest BCUT2D eigenvalue weighted by atomic mass is 32.3. The molecule has 23 heavy (non-hydrogen) atoms. The lowest BCUT2D eigenvalue weighted by Crippen LogP contribution is -2.29. The summed E-state index contributed by atoms with van der Waals surface area (Å²) >= 11 is 0. The van der Waals surface area contributed by atoms with Crippen molar-refractivity contribution in [2.45, 2.75) is 11.8 Å². The Labute approximate surface area is 137 Å². The van der Waals surface area contributed by atoms with Crippen LogP contribution in [0.3, 0.4) is 0 Å². The lowest BCUT2D eigenvalue weighted by Gasteiger charge is -2.29. The van der Waals surface area contributed by atoms with E-state index < -0.39 is 26.7 Å². The van der Waals surface area contributed by atoms with E-state index in [1.807, 2.05) is 0 Å². The minimum Gasteiger partial charge on any atom is -0.425 e. The van der Waals surface area contributed by atoms with E-state index >= 15 is 0 Å². The first-order valence-electron chi connectivity index (χ1n) is 6.36. The van der Waals surface area contributed by atoms with Crippen LogP contribution in [0.5, 0.6) is 5.75 Å². The third-order valence-corrected chi connectivity index (χ3v) is 6.41. The quantitative estimate of drug-likeness (QED) is 0.566. The maximum absolute atomic E-state index is 11.5. The lowest BCUT2D eigenvalue weighted by atomic mass is 10.3. The highest BCUT2D eigenvalue weighted by Crippen LogP contribution is 2.51. The number of amides is 1. The summed E-state index contributed by atoms with van der Waals surface area (Å²) in [6.07, 6.45) is 3.28. The van der Waals surface area contributed by atoms with Crippen molar-refractivity contribution in [1.82, 2.24) is 5.32 Å². The van der Waals surface area contributed by atoms with Gasteiger partial charge in [-0.15, -0.1) is 0 Å². The Morgan fingerprint density at radius 1 is 1.13 bits per heavy atom. The number of nitrogens with one attached hydrogen (secondary N) is 1. The largest absolute Gasteiger partial charge is 0.425 e. The van der Waals surface area contributed by atoms with Gasteiger partial charge in [0, 0.05) is 11.8 Å². The molecule has 1 amide bonds. The summed E-state index contributed by atoms with van der Waals surface area (Å²) in [6.45, 7) is 1.06. The van der Waals surface area contributed by atoms with E-state index in [0.717, 1.165) is 7.11 Å². The first-order chi connectivity index (χ1) is 10.6. The van der Waals surface area contributed by atoms with Crippen molar-refractivity contribution in [2.75, 3.05) is 26.2 Å². The molecule has 0 aliphatic rings. The summed E-state index contributed by atoms with van der Waals surface area (Å²) in [5.74, 6) is -0.675. The number of carbonyl (C=O) groups is 2. The van der Waals surface area contributed by atoms with E-state index in [1.165, 1.54) is 19.1 Å². The number of carbonyl (C=O) groups excluding carboxylic acids is 2. The van der Waals surface area contributed by atoms with Gasteiger partial charge in [0.15, 0.2) is 0 Å². The van der Waals surface area contributed by atoms with E-state index in [0.29, 0.717) is 4.90 Å². The number of benzene rings is 1. The Hall–Kier alpha value is -1.62. The van der Waals surface area contributed by atoms with Crippen LogP contribution in [0, 0.1) is 0 Å². The molecule has 0 saturated heterocycles. The summed E-state index contributed by atoms with van der Waals surface area (Å²) in [7, 11) is -5.15. The molecule has 0 unspecified atom stereocenters. The smallest absolute Gasteiger partial charge is 0.409 e. The number of ether oxygens (including phenoxy) is 1. The first kappa shape index (κ1) is 19.4. The van der Waals surface area contributed by atoms with Gasteiger partial charge in [0.05, 0.1) is 7.11 Å². The molecule has 0 saturated carbocycles. The fourth-order valence-electron chi connectivity index (χ4n) is 1.47. The van der Waals surface area contributed by atoms with Crippen LogP contribution >= 0.6 is 10.3 Å². The molecule has 1 N–H and O–H groups in total. The Morgan fingerprint density at radius 3 is 2.17 bits per heavy atom. The molecule has 0 heterocycles. The van der Waals surface area contributed by atoms with Crippen LogP contribution in [0.1, 0.15) is 6.92 Å². The predicted octanol–water partition coefficient (Wildman–Crippen LogP) is 0.974. The number of rotatable bonds is 7. The lowest BCUT2D eigenvalue weighted by molar-refractivity contribution is -0.135.